The van der Waals surface area contributed by atoms with Gasteiger partial charge in [-0.15, -0.1) is 0 Å². The van der Waals surface area contributed by atoms with Crippen molar-refractivity contribution in [1.82, 2.24) is 9.88 Å². The minimum atomic E-state index is -0.909. The lowest BCUT2D eigenvalue weighted by atomic mass is 10.00. The van der Waals surface area contributed by atoms with E-state index < -0.39 is 29.7 Å². The highest BCUT2D eigenvalue weighted by molar-refractivity contribution is 6.11. The molecular formula is C36H44N4O7. The molecule has 1 aliphatic rings. The van der Waals surface area contributed by atoms with Gasteiger partial charge in [0, 0.05) is 19.3 Å². The highest BCUT2D eigenvalue weighted by Gasteiger charge is 2.42. The van der Waals surface area contributed by atoms with E-state index in [1.165, 1.54) is 9.80 Å². The Morgan fingerprint density at radius 3 is 2.47 bits per heavy atom. The van der Waals surface area contributed by atoms with E-state index >= 15 is 0 Å². The van der Waals surface area contributed by atoms with Gasteiger partial charge in [0.25, 0.3) is 11.8 Å². The Hall–Kier alpha value is -4.93. The van der Waals surface area contributed by atoms with Crippen LogP contribution in [0.25, 0.3) is 0 Å². The van der Waals surface area contributed by atoms with Gasteiger partial charge in [-0.05, 0) is 89.3 Å². The second-order valence-electron chi connectivity index (χ2n) is 12.4. The molecule has 0 fully saturated rings. The quantitative estimate of drug-likeness (QED) is 0.179. The van der Waals surface area contributed by atoms with Gasteiger partial charge in [0.1, 0.15) is 11.6 Å². The Bertz CT molecular complexity index is 1570. The molecule has 0 bridgehead atoms. The van der Waals surface area contributed by atoms with E-state index in [0.29, 0.717) is 42.0 Å². The number of hydrogen-bond acceptors (Lipinski definition) is 8. The lowest BCUT2D eigenvalue weighted by molar-refractivity contribution is -0.144. The predicted molar refractivity (Wildman–Crippen MR) is 178 cm³/mol. The monoisotopic (exact) mass is 644 g/mol. The lowest BCUT2D eigenvalue weighted by Gasteiger charge is -2.34. The second-order valence-corrected chi connectivity index (χ2v) is 12.4. The molecule has 0 saturated carbocycles. The first kappa shape index (κ1) is 34.9. The van der Waals surface area contributed by atoms with Crippen LogP contribution in [0.1, 0.15) is 81.4 Å². The van der Waals surface area contributed by atoms with Crippen molar-refractivity contribution in [3.05, 3.63) is 83.6 Å². The van der Waals surface area contributed by atoms with Gasteiger partial charge < -0.3 is 24.0 Å². The zero-order valence-corrected chi connectivity index (χ0v) is 27.9. The molecule has 3 amide bonds. The Labute approximate surface area is 276 Å². The molecule has 2 atom stereocenters. The molecule has 0 saturated heterocycles. The first-order chi connectivity index (χ1) is 22.4. The third-order valence-electron chi connectivity index (χ3n) is 7.59. The first-order valence-corrected chi connectivity index (χ1v) is 15.9. The van der Waals surface area contributed by atoms with Crippen molar-refractivity contribution in [2.45, 2.75) is 78.0 Å². The third kappa shape index (κ3) is 9.08. The number of amides is 3. The summed E-state index contributed by atoms with van der Waals surface area (Å²) in [5, 5.41) is 2.63. The smallest absolute Gasteiger partial charge is 0.413 e. The van der Waals surface area contributed by atoms with Gasteiger partial charge in [-0.3, -0.25) is 19.7 Å². The third-order valence-corrected chi connectivity index (χ3v) is 7.59. The summed E-state index contributed by atoms with van der Waals surface area (Å²) in [6.45, 7) is 9.46. The van der Waals surface area contributed by atoms with E-state index in [4.69, 9.17) is 14.2 Å². The van der Waals surface area contributed by atoms with E-state index in [1.54, 1.807) is 60.0 Å². The van der Waals surface area contributed by atoms with Gasteiger partial charge in [0.2, 0.25) is 0 Å². The van der Waals surface area contributed by atoms with Gasteiger partial charge in [-0.25, -0.2) is 9.78 Å². The summed E-state index contributed by atoms with van der Waals surface area (Å²) < 4.78 is 16.4. The van der Waals surface area contributed by atoms with Crippen LogP contribution in [-0.4, -0.2) is 65.7 Å². The molecule has 3 aromatic rings. The molecule has 1 aromatic heterocycles. The highest BCUT2D eigenvalue weighted by Crippen LogP contribution is 2.36. The number of nitrogens with one attached hydrogen (secondary N) is 1. The van der Waals surface area contributed by atoms with Gasteiger partial charge in [-0.1, -0.05) is 36.4 Å². The van der Waals surface area contributed by atoms with E-state index in [1.807, 2.05) is 48.5 Å². The van der Waals surface area contributed by atoms with Gasteiger partial charge in [0.15, 0.2) is 11.6 Å². The zero-order chi connectivity index (χ0) is 34.1. The number of pyridine rings is 1. The van der Waals surface area contributed by atoms with Crippen molar-refractivity contribution in [2.75, 3.05) is 30.5 Å². The van der Waals surface area contributed by atoms with Crippen LogP contribution in [0, 0.1) is 0 Å². The number of rotatable bonds is 12. The molecule has 0 spiro atoms. The number of aryl methyl sites for hydroxylation is 1. The summed E-state index contributed by atoms with van der Waals surface area (Å²) in [5.41, 5.74) is 1.87. The summed E-state index contributed by atoms with van der Waals surface area (Å²) in [6.07, 6.45) is 3.02. The van der Waals surface area contributed by atoms with Crippen LogP contribution in [0.2, 0.25) is 0 Å². The minimum Gasteiger partial charge on any atom is -0.490 e. The fourth-order valence-electron chi connectivity index (χ4n) is 5.45. The topological polar surface area (TPSA) is 127 Å². The van der Waals surface area contributed by atoms with Crippen molar-refractivity contribution in [2.24, 2.45) is 0 Å². The standard InChI is InChI=1S/C36H44N4O7/c1-7-45-30(41)22-24(2)40-31(26-15-9-8-10-16-26)34(43)39(6)28-19-18-25(23-27(28)33(40)42)14-11-12-21-46-29-17-13-20-37-32(29)38-35(44)47-36(3,4)5/h8-10,13,15-20,23-24,31H,7,11-12,14,21-22H2,1-6H3,(H,37,38,44). The Balaban J connectivity index is 1.47. The van der Waals surface area contributed by atoms with E-state index in [-0.39, 0.29) is 30.7 Å². The maximum atomic E-state index is 14.3. The average Bonchev–Trinajstić information content (AvgIpc) is 3.10. The zero-order valence-electron chi connectivity index (χ0n) is 27.9. The predicted octanol–water partition coefficient (Wildman–Crippen LogP) is 6.33. The minimum absolute atomic E-state index is 0.0408. The molecule has 4 rings (SSSR count). The number of nitrogens with zero attached hydrogens (tertiary/aromatic N) is 3. The molecular weight excluding hydrogens is 600 g/mol. The van der Waals surface area contributed by atoms with E-state index in [9.17, 15) is 19.2 Å². The summed E-state index contributed by atoms with van der Waals surface area (Å²) in [6, 6.07) is 16.7. The molecule has 1 aliphatic heterocycles. The molecule has 47 heavy (non-hydrogen) atoms. The molecule has 1 N–H and O–H groups in total. The summed E-state index contributed by atoms with van der Waals surface area (Å²) in [7, 11) is 1.67. The number of unbranched alkanes of at least 4 members (excludes halogenated alkanes) is 1. The maximum absolute atomic E-state index is 14.3. The molecule has 11 heteroatoms. The number of carbonyl (C=O) groups is 4. The van der Waals surface area contributed by atoms with Crippen molar-refractivity contribution in [3.63, 3.8) is 0 Å². The molecule has 250 valence electrons. The first-order valence-electron chi connectivity index (χ1n) is 15.9. The van der Waals surface area contributed by atoms with E-state index in [0.717, 1.165) is 12.0 Å². The number of carbonyl (C=O) groups excluding carboxylic acids is 4. The Kier molecular flexibility index (Phi) is 11.6. The largest absolute Gasteiger partial charge is 0.490 e. The van der Waals surface area contributed by atoms with Crippen molar-refractivity contribution >= 4 is 35.4 Å². The number of likely N-dealkylation sites (N-methyl/N-ethyl adjacent to an activating group) is 1. The lowest BCUT2D eigenvalue weighted by Crippen LogP contribution is -2.46. The van der Waals surface area contributed by atoms with E-state index in [2.05, 4.69) is 10.3 Å². The highest BCUT2D eigenvalue weighted by atomic mass is 16.6. The fourth-order valence-corrected chi connectivity index (χ4v) is 5.45. The fraction of sp³-hybridized carbons (Fsp3) is 0.417. The van der Waals surface area contributed by atoms with Gasteiger partial charge >= 0.3 is 12.1 Å². The average molecular weight is 645 g/mol. The molecule has 2 unspecified atom stereocenters. The number of benzene rings is 2. The van der Waals surface area contributed by atoms with Crippen molar-refractivity contribution < 1.29 is 33.4 Å². The normalized spacial score (nSPS) is 15.4. The van der Waals surface area contributed by atoms with Crippen LogP contribution in [-0.2, 0) is 25.5 Å². The number of esters is 1. The maximum Gasteiger partial charge on any atom is 0.413 e. The van der Waals surface area contributed by atoms with Crippen LogP contribution in [0.5, 0.6) is 5.75 Å². The number of anilines is 2. The summed E-state index contributed by atoms with van der Waals surface area (Å²) in [5.74, 6) is -0.304. The van der Waals surface area contributed by atoms with Crippen LogP contribution in [0.4, 0.5) is 16.3 Å². The molecule has 0 radical (unpaired) electrons. The molecule has 0 aliphatic carbocycles. The van der Waals surface area contributed by atoms with Crippen LogP contribution < -0.4 is 15.0 Å². The number of hydrogen-bond donors (Lipinski definition) is 1. The molecule has 11 nitrogen and oxygen atoms in total. The number of aromatic nitrogens is 1. The van der Waals surface area contributed by atoms with Crippen LogP contribution in [0.15, 0.2) is 66.9 Å². The Morgan fingerprint density at radius 2 is 1.77 bits per heavy atom. The number of ether oxygens (including phenoxy) is 3. The van der Waals surface area contributed by atoms with Crippen molar-refractivity contribution in [1.29, 1.82) is 0 Å². The van der Waals surface area contributed by atoms with Gasteiger partial charge in [-0.2, -0.15) is 0 Å². The SMILES string of the molecule is CCOC(=O)CC(C)N1C(=O)c2cc(CCCCOc3cccnc3NC(=O)OC(C)(C)C)ccc2N(C)C(=O)C1c1ccccc1. The summed E-state index contributed by atoms with van der Waals surface area (Å²) in [4.78, 5) is 60.2. The molecule has 2 heterocycles. The second kappa shape index (κ2) is 15.6. The number of fused-ring (bicyclic) bond motifs is 1. The van der Waals surface area contributed by atoms with Crippen LogP contribution >= 0.6 is 0 Å². The van der Waals surface area contributed by atoms with Crippen LogP contribution in [0.3, 0.4) is 0 Å². The Morgan fingerprint density at radius 1 is 1.02 bits per heavy atom. The van der Waals surface area contributed by atoms with Crippen molar-refractivity contribution in [3.8, 4) is 5.75 Å². The summed E-state index contributed by atoms with van der Waals surface area (Å²) >= 11 is 0. The van der Waals surface area contributed by atoms with Gasteiger partial charge in [0.05, 0.1) is 30.9 Å². The molecule has 2 aromatic carbocycles.